The van der Waals surface area contributed by atoms with Gasteiger partial charge in [-0.05, 0) is 59.7 Å². The first-order valence-electron chi connectivity index (χ1n) is 11.4. The maximum Gasteiger partial charge on any atom is 0.171 e. The molecule has 2 nitrogen and oxygen atoms in total. The zero-order valence-electron chi connectivity index (χ0n) is 17.9. The van der Waals surface area contributed by atoms with Crippen molar-refractivity contribution in [3.8, 4) is 22.4 Å². The molecule has 0 aliphatic heterocycles. The maximum atomic E-state index is 14.9. The smallest absolute Gasteiger partial charge is 0.171 e. The average molecular weight is 422 g/mol. The fourth-order valence-electron chi connectivity index (χ4n) is 5.21. The molecule has 3 aromatic carbocycles. The summed E-state index contributed by atoms with van der Waals surface area (Å²) < 4.78 is 21.1. The van der Waals surface area contributed by atoms with E-state index in [0.29, 0.717) is 17.1 Å². The van der Waals surface area contributed by atoms with Gasteiger partial charge in [-0.3, -0.25) is 4.98 Å². The molecule has 1 aliphatic rings. The molecule has 0 spiro atoms. The number of aromatic nitrogens is 1. The molecule has 0 amide bonds. The minimum atomic E-state index is -0.342. The van der Waals surface area contributed by atoms with Crippen molar-refractivity contribution in [2.24, 2.45) is 0 Å². The summed E-state index contributed by atoms with van der Waals surface area (Å²) in [6, 6.07) is 23.8. The van der Waals surface area contributed by atoms with E-state index in [1.807, 2.05) is 60.8 Å². The van der Waals surface area contributed by atoms with Gasteiger partial charge in [0, 0.05) is 22.5 Å². The van der Waals surface area contributed by atoms with E-state index in [-0.39, 0.29) is 5.82 Å². The van der Waals surface area contributed by atoms with Crippen molar-refractivity contribution in [1.82, 2.24) is 4.98 Å². The third-order valence-corrected chi connectivity index (χ3v) is 6.82. The van der Waals surface area contributed by atoms with Crippen molar-refractivity contribution in [1.29, 1.82) is 0 Å². The molecule has 0 saturated heterocycles. The normalized spacial score (nSPS) is 14.9. The summed E-state index contributed by atoms with van der Waals surface area (Å²) >= 11 is 0. The van der Waals surface area contributed by atoms with Gasteiger partial charge in [0.2, 0.25) is 0 Å². The van der Waals surface area contributed by atoms with Crippen LogP contribution in [0, 0.1) is 5.82 Å². The van der Waals surface area contributed by atoms with Crippen molar-refractivity contribution >= 4 is 21.9 Å². The summed E-state index contributed by atoms with van der Waals surface area (Å²) in [4.78, 5) is 4.67. The Morgan fingerprint density at radius 3 is 2.47 bits per heavy atom. The Kier molecular flexibility index (Phi) is 4.75. The minimum Gasteiger partial charge on any atom is -0.452 e. The van der Waals surface area contributed by atoms with Gasteiger partial charge in [-0.25, -0.2) is 4.39 Å². The number of nitrogens with zero attached hydrogens (tertiary/aromatic N) is 1. The van der Waals surface area contributed by atoms with E-state index in [2.05, 4.69) is 17.1 Å². The van der Waals surface area contributed by atoms with Gasteiger partial charge in [-0.1, -0.05) is 67.8 Å². The number of para-hydroxylation sites is 1. The average Bonchev–Trinajstić information content (AvgIpc) is 3.26. The van der Waals surface area contributed by atoms with Crippen LogP contribution >= 0.6 is 0 Å². The molecule has 0 radical (unpaired) electrons. The zero-order valence-corrected chi connectivity index (χ0v) is 17.9. The Hall–Kier alpha value is -3.46. The van der Waals surface area contributed by atoms with Gasteiger partial charge in [0.05, 0.1) is 5.69 Å². The van der Waals surface area contributed by atoms with Crippen molar-refractivity contribution in [3.05, 3.63) is 90.4 Å². The highest BCUT2D eigenvalue weighted by Crippen LogP contribution is 2.41. The molecule has 1 saturated carbocycles. The van der Waals surface area contributed by atoms with Gasteiger partial charge in [0.15, 0.2) is 11.4 Å². The molecule has 2 heterocycles. The lowest BCUT2D eigenvalue weighted by atomic mass is 9.84. The quantitative estimate of drug-likeness (QED) is 0.292. The molecule has 0 unspecified atom stereocenters. The highest BCUT2D eigenvalue weighted by molar-refractivity contribution is 6.15. The Labute approximate surface area is 186 Å². The lowest BCUT2D eigenvalue weighted by molar-refractivity contribution is 0.443. The third-order valence-electron chi connectivity index (χ3n) is 6.82. The fraction of sp³-hybridized carbons (Fsp3) is 0.207. The molecule has 0 N–H and O–H groups in total. The Balaban J connectivity index is 1.56. The van der Waals surface area contributed by atoms with Crippen LogP contribution in [0.4, 0.5) is 4.39 Å². The maximum absolute atomic E-state index is 14.9. The van der Waals surface area contributed by atoms with Crippen molar-refractivity contribution in [3.63, 3.8) is 0 Å². The van der Waals surface area contributed by atoms with Crippen LogP contribution in [-0.2, 0) is 0 Å². The molecule has 6 rings (SSSR count). The van der Waals surface area contributed by atoms with Crippen LogP contribution in [0.25, 0.3) is 44.3 Å². The Morgan fingerprint density at radius 1 is 0.781 bits per heavy atom. The Bertz CT molecular complexity index is 1410. The zero-order chi connectivity index (χ0) is 21.5. The first kappa shape index (κ1) is 19.2. The summed E-state index contributed by atoms with van der Waals surface area (Å²) in [5, 5.41) is 1.73. The lowest BCUT2D eigenvalue weighted by Crippen LogP contribution is -2.04. The number of hydrogen-bond acceptors (Lipinski definition) is 2. The first-order chi connectivity index (χ1) is 15.8. The molecule has 158 valence electrons. The van der Waals surface area contributed by atoms with Crippen molar-refractivity contribution < 1.29 is 8.81 Å². The van der Waals surface area contributed by atoms with E-state index in [0.717, 1.165) is 33.2 Å². The summed E-state index contributed by atoms with van der Waals surface area (Å²) in [7, 11) is 0. The molecule has 1 aliphatic carbocycles. The van der Waals surface area contributed by atoms with E-state index < -0.39 is 0 Å². The van der Waals surface area contributed by atoms with Crippen molar-refractivity contribution in [2.45, 2.75) is 38.0 Å². The monoisotopic (exact) mass is 421 g/mol. The first-order valence-corrected chi connectivity index (χ1v) is 11.4. The molecular formula is C29H24FNO. The molecule has 32 heavy (non-hydrogen) atoms. The van der Waals surface area contributed by atoms with Gasteiger partial charge in [0.25, 0.3) is 0 Å². The fourth-order valence-corrected chi connectivity index (χ4v) is 5.21. The van der Waals surface area contributed by atoms with E-state index in [1.54, 1.807) is 0 Å². The molecule has 2 aromatic heterocycles. The number of halogens is 1. The van der Waals surface area contributed by atoms with E-state index in [4.69, 9.17) is 4.42 Å². The van der Waals surface area contributed by atoms with Crippen LogP contribution in [0.1, 0.15) is 43.6 Å². The number of fused-ring (bicyclic) bond motifs is 3. The van der Waals surface area contributed by atoms with Gasteiger partial charge in [-0.2, -0.15) is 0 Å². The van der Waals surface area contributed by atoms with E-state index >= 15 is 0 Å². The summed E-state index contributed by atoms with van der Waals surface area (Å²) in [5.74, 6) is 0.258. The number of rotatable bonds is 3. The number of pyridine rings is 1. The van der Waals surface area contributed by atoms with Crippen LogP contribution < -0.4 is 0 Å². The molecular weight excluding hydrogens is 397 g/mol. The van der Waals surface area contributed by atoms with Crippen LogP contribution in [0.5, 0.6) is 0 Å². The minimum absolute atomic E-state index is 0.303. The van der Waals surface area contributed by atoms with Gasteiger partial charge in [0.1, 0.15) is 5.58 Å². The summed E-state index contributed by atoms with van der Waals surface area (Å²) in [6.45, 7) is 0. The largest absolute Gasteiger partial charge is 0.452 e. The summed E-state index contributed by atoms with van der Waals surface area (Å²) in [6.07, 6.45) is 8.30. The highest BCUT2D eigenvalue weighted by atomic mass is 19.1. The van der Waals surface area contributed by atoms with E-state index in [9.17, 15) is 4.39 Å². The highest BCUT2D eigenvalue weighted by Gasteiger charge is 2.20. The molecule has 3 heteroatoms. The van der Waals surface area contributed by atoms with Crippen molar-refractivity contribution in [2.75, 3.05) is 0 Å². The predicted octanol–water partition coefficient (Wildman–Crippen LogP) is 8.50. The number of hydrogen-bond donors (Lipinski definition) is 0. The molecule has 1 fully saturated rings. The second kappa shape index (κ2) is 7.90. The predicted molar refractivity (Wildman–Crippen MR) is 128 cm³/mol. The standard InChI is InChI=1S/C29H24FNO/c30-25-15-14-22(20-10-5-2-6-11-20)27-24-13-7-12-23(28(24)32-29(25)27)26-18-21(16-17-31-26)19-8-3-1-4-9-19/h2,5-7,10-19H,1,3-4,8-9H2. The second-order valence-electron chi connectivity index (χ2n) is 8.76. The third kappa shape index (κ3) is 3.20. The van der Waals surface area contributed by atoms with Gasteiger partial charge < -0.3 is 4.42 Å². The van der Waals surface area contributed by atoms with E-state index in [1.165, 1.54) is 43.7 Å². The number of furan rings is 1. The molecule has 5 aromatic rings. The van der Waals surface area contributed by atoms with Crippen LogP contribution in [0.15, 0.2) is 83.4 Å². The van der Waals surface area contributed by atoms with Crippen LogP contribution in [-0.4, -0.2) is 4.98 Å². The Morgan fingerprint density at radius 2 is 1.62 bits per heavy atom. The number of benzene rings is 3. The topological polar surface area (TPSA) is 26.0 Å². The van der Waals surface area contributed by atoms with Gasteiger partial charge >= 0.3 is 0 Å². The molecule has 0 atom stereocenters. The molecule has 0 bridgehead atoms. The van der Waals surface area contributed by atoms with Crippen LogP contribution in [0.3, 0.4) is 0 Å². The lowest BCUT2D eigenvalue weighted by Gasteiger charge is -2.22. The van der Waals surface area contributed by atoms with Gasteiger partial charge in [-0.15, -0.1) is 0 Å². The summed E-state index contributed by atoms with van der Waals surface area (Å²) in [5.41, 5.74) is 6.16. The second-order valence-corrected chi connectivity index (χ2v) is 8.76. The SMILES string of the molecule is Fc1ccc(-c2ccccc2)c2c1oc1c(-c3cc(C4CCCCC4)ccn3)cccc12. The van der Waals surface area contributed by atoms with Crippen LogP contribution in [0.2, 0.25) is 0 Å².